The topological polar surface area (TPSA) is 105 Å². The number of piperidine rings is 1. The van der Waals surface area contributed by atoms with Crippen molar-refractivity contribution in [2.24, 2.45) is 5.92 Å². The molecule has 156 valence electrons. The smallest absolute Gasteiger partial charge is 0.309 e. The quantitative estimate of drug-likeness (QED) is 0.699. The first-order valence-corrected chi connectivity index (χ1v) is 9.76. The van der Waals surface area contributed by atoms with Gasteiger partial charge >= 0.3 is 5.97 Å². The summed E-state index contributed by atoms with van der Waals surface area (Å²) in [6.45, 7) is 1.38. The highest BCUT2D eigenvalue weighted by molar-refractivity contribution is 5.81. The number of pyridine rings is 1. The molecule has 30 heavy (non-hydrogen) atoms. The predicted molar refractivity (Wildman–Crippen MR) is 110 cm³/mol. The van der Waals surface area contributed by atoms with Crippen molar-refractivity contribution in [3.63, 3.8) is 0 Å². The number of hydrogen-bond acceptors (Lipinski definition) is 7. The number of amides is 1. The summed E-state index contributed by atoms with van der Waals surface area (Å²) in [5.74, 6) is 0.587. The second kappa shape index (κ2) is 10.3. The Morgan fingerprint density at radius 1 is 1.27 bits per heavy atom. The SMILES string of the molecule is COc1cccc(CNC(=O)COC(=O)C2CCN(c3ccc(C#N)cn3)CC2)c1. The Morgan fingerprint density at radius 2 is 2.07 bits per heavy atom. The molecule has 1 saturated heterocycles. The van der Waals surface area contributed by atoms with E-state index in [1.165, 1.54) is 0 Å². The molecule has 0 spiro atoms. The van der Waals surface area contributed by atoms with Crippen molar-refractivity contribution in [3.8, 4) is 11.8 Å². The zero-order chi connectivity index (χ0) is 21.3. The fourth-order valence-electron chi connectivity index (χ4n) is 3.27. The molecule has 0 saturated carbocycles. The number of carbonyl (C=O) groups excluding carboxylic acids is 2. The van der Waals surface area contributed by atoms with Crippen LogP contribution in [0.25, 0.3) is 0 Å². The van der Waals surface area contributed by atoms with Gasteiger partial charge in [0.2, 0.25) is 0 Å². The van der Waals surface area contributed by atoms with Crippen LogP contribution in [0.3, 0.4) is 0 Å². The van der Waals surface area contributed by atoms with E-state index in [1.807, 2.05) is 36.4 Å². The zero-order valence-electron chi connectivity index (χ0n) is 16.8. The van der Waals surface area contributed by atoms with E-state index in [0.29, 0.717) is 38.0 Å². The standard InChI is InChI=1S/C22H24N4O4/c1-29-19-4-2-3-16(11-19)13-25-21(27)15-30-22(28)18-7-9-26(10-8-18)20-6-5-17(12-23)14-24-20/h2-6,11,14,18H,7-10,13,15H2,1H3,(H,25,27). The summed E-state index contributed by atoms with van der Waals surface area (Å²) >= 11 is 0. The highest BCUT2D eigenvalue weighted by atomic mass is 16.5. The van der Waals surface area contributed by atoms with Crippen molar-refractivity contribution < 1.29 is 19.1 Å². The monoisotopic (exact) mass is 408 g/mol. The molecule has 0 bridgehead atoms. The summed E-state index contributed by atoms with van der Waals surface area (Å²) in [7, 11) is 1.59. The minimum atomic E-state index is -0.348. The Morgan fingerprint density at radius 3 is 2.73 bits per heavy atom. The molecule has 2 aromatic rings. The lowest BCUT2D eigenvalue weighted by atomic mass is 9.97. The number of nitriles is 1. The lowest BCUT2D eigenvalue weighted by Gasteiger charge is -2.31. The fourth-order valence-corrected chi connectivity index (χ4v) is 3.27. The number of nitrogens with zero attached hydrogens (tertiary/aromatic N) is 3. The maximum absolute atomic E-state index is 12.3. The second-order valence-corrected chi connectivity index (χ2v) is 7.01. The predicted octanol–water partition coefficient (Wildman–Crippen LogP) is 2.04. The first-order chi connectivity index (χ1) is 14.6. The molecule has 8 nitrogen and oxygen atoms in total. The molecule has 1 N–H and O–H groups in total. The Kier molecular flexibility index (Phi) is 7.22. The lowest BCUT2D eigenvalue weighted by molar-refractivity contribution is -0.153. The van der Waals surface area contributed by atoms with Crippen molar-refractivity contribution >= 4 is 17.7 Å². The molecule has 1 aromatic heterocycles. The highest BCUT2D eigenvalue weighted by Gasteiger charge is 2.27. The molecule has 1 amide bonds. The van der Waals surface area contributed by atoms with E-state index < -0.39 is 0 Å². The minimum Gasteiger partial charge on any atom is -0.497 e. The van der Waals surface area contributed by atoms with Gasteiger partial charge in [-0.1, -0.05) is 12.1 Å². The molecule has 0 aliphatic carbocycles. The third-order valence-corrected chi connectivity index (χ3v) is 5.00. The average Bonchev–Trinajstić information content (AvgIpc) is 2.81. The Hall–Kier alpha value is -3.60. The molecule has 2 heterocycles. The van der Waals surface area contributed by atoms with Crippen LogP contribution in [0, 0.1) is 17.2 Å². The van der Waals surface area contributed by atoms with Crippen molar-refractivity contribution in [2.45, 2.75) is 19.4 Å². The maximum atomic E-state index is 12.3. The van der Waals surface area contributed by atoms with Crippen LogP contribution in [-0.2, 0) is 20.9 Å². The van der Waals surface area contributed by atoms with Gasteiger partial charge in [0, 0.05) is 25.8 Å². The Labute approximate surface area is 175 Å². The molecular formula is C22H24N4O4. The van der Waals surface area contributed by atoms with Gasteiger partial charge in [0.1, 0.15) is 17.6 Å². The first kappa shape index (κ1) is 21.1. The fraction of sp³-hybridized carbons (Fsp3) is 0.364. The maximum Gasteiger partial charge on any atom is 0.309 e. The van der Waals surface area contributed by atoms with Crippen LogP contribution in [-0.4, -0.2) is 43.7 Å². The van der Waals surface area contributed by atoms with Crippen molar-refractivity contribution in [1.29, 1.82) is 5.26 Å². The average molecular weight is 408 g/mol. The minimum absolute atomic E-state index is 0.231. The molecule has 0 atom stereocenters. The van der Waals surface area contributed by atoms with Gasteiger partial charge in [-0.05, 0) is 42.7 Å². The van der Waals surface area contributed by atoms with E-state index in [2.05, 4.69) is 15.2 Å². The van der Waals surface area contributed by atoms with E-state index in [0.717, 1.165) is 17.1 Å². The van der Waals surface area contributed by atoms with Gasteiger partial charge in [-0.15, -0.1) is 0 Å². The van der Waals surface area contributed by atoms with E-state index in [1.54, 1.807) is 19.4 Å². The number of rotatable bonds is 7. The number of ether oxygens (including phenoxy) is 2. The number of esters is 1. The number of benzene rings is 1. The molecule has 1 fully saturated rings. The third kappa shape index (κ3) is 5.70. The zero-order valence-corrected chi connectivity index (χ0v) is 16.8. The van der Waals surface area contributed by atoms with Crippen molar-refractivity contribution in [2.75, 3.05) is 31.7 Å². The summed E-state index contributed by atoms with van der Waals surface area (Å²) in [4.78, 5) is 30.6. The van der Waals surface area contributed by atoms with Crippen LogP contribution in [0.4, 0.5) is 5.82 Å². The van der Waals surface area contributed by atoms with Gasteiger partial charge in [0.15, 0.2) is 6.61 Å². The summed E-state index contributed by atoms with van der Waals surface area (Å²) in [6.07, 6.45) is 2.80. The number of carbonyl (C=O) groups is 2. The molecule has 0 radical (unpaired) electrons. The number of hydrogen-bond donors (Lipinski definition) is 1. The third-order valence-electron chi connectivity index (χ3n) is 5.00. The molecule has 1 aromatic carbocycles. The van der Waals surface area contributed by atoms with Gasteiger partial charge in [-0.3, -0.25) is 9.59 Å². The van der Waals surface area contributed by atoms with Crippen LogP contribution in [0.2, 0.25) is 0 Å². The molecular weight excluding hydrogens is 384 g/mol. The van der Waals surface area contributed by atoms with Crippen LogP contribution in [0.5, 0.6) is 5.75 Å². The van der Waals surface area contributed by atoms with Crippen molar-refractivity contribution in [3.05, 3.63) is 53.7 Å². The normalized spacial score (nSPS) is 13.9. The number of nitrogens with one attached hydrogen (secondary N) is 1. The molecule has 3 rings (SSSR count). The van der Waals surface area contributed by atoms with Crippen molar-refractivity contribution in [1.82, 2.24) is 10.3 Å². The van der Waals surface area contributed by atoms with Gasteiger partial charge in [0.05, 0.1) is 18.6 Å². The van der Waals surface area contributed by atoms with Crippen LogP contribution in [0.15, 0.2) is 42.6 Å². The molecule has 1 aliphatic heterocycles. The van der Waals surface area contributed by atoms with Gasteiger partial charge in [-0.2, -0.15) is 5.26 Å². The highest BCUT2D eigenvalue weighted by Crippen LogP contribution is 2.23. The number of methoxy groups -OCH3 is 1. The summed E-state index contributed by atoms with van der Waals surface area (Å²) < 4.78 is 10.4. The largest absolute Gasteiger partial charge is 0.497 e. The van der Waals surface area contributed by atoms with Crippen LogP contribution in [0.1, 0.15) is 24.0 Å². The molecule has 8 heteroatoms. The van der Waals surface area contributed by atoms with Gasteiger partial charge < -0.3 is 19.7 Å². The summed E-state index contributed by atoms with van der Waals surface area (Å²) in [6, 6.07) is 13.0. The Balaban J connectivity index is 1.39. The summed E-state index contributed by atoms with van der Waals surface area (Å²) in [5, 5.41) is 11.6. The van der Waals surface area contributed by atoms with Gasteiger partial charge in [0.25, 0.3) is 5.91 Å². The lowest BCUT2D eigenvalue weighted by Crippen LogP contribution is -2.38. The molecule has 0 unspecified atom stereocenters. The first-order valence-electron chi connectivity index (χ1n) is 9.76. The number of anilines is 1. The van der Waals surface area contributed by atoms with Crippen LogP contribution >= 0.6 is 0 Å². The second-order valence-electron chi connectivity index (χ2n) is 7.01. The summed E-state index contributed by atoms with van der Waals surface area (Å²) in [5.41, 5.74) is 1.42. The van der Waals surface area contributed by atoms with E-state index >= 15 is 0 Å². The van der Waals surface area contributed by atoms with E-state index in [-0.39, 0.29) is 24.4 Å². The molecule has 1 aliphatic rings. The van der Waals surface area contributed by atoms with Crippen LogP contribution < -0.4 is 15.0 Å². The Bertz CT molecular complexity index is 915. The van der Waals surface area contributed by atoms with E-state index in [4.69, 9.17) is 14.7 Å². The number of aromatic nitrogens is 1. The van der Waals surface area contributed by atoms with E-state index in [9.17, 15) is 9.59 Å². The van der Waals surface area contributed by atoms with Gasteiger partial charge in [-0.25, -0.2) is 4.98 Å².